The first kappa shape index (κ1) is 15.0. The standard InChI is InChI=1S/C16H18N4O/c1-9-10(2)14(21)19-13(9)11(7-17)12-6-15(3,4)16(5,8-18)20-12/h6H2,1-5H3,(H,19,21)/b13-11-. The number of hydrogen-bond acceptors (Lipinski definition) is 4. The van der Waals surface area contributed by atoms with E-state index in [0.717, 1.165) is 5.57 Å². The summed E-state index contributed by atoms with van der Waals surface area (Å²) >= 11 is 0. The molecular formula is C16H18N4O. The molecule has 1 atom stereocenters. The number of rotatable bonds is 1. The van der Waals surface area contributed by atoms with E-state index >= 15 is 0 Å². The Balaban J connectivity index is 2.58. The average Bonchev–Trinajstić information content (AvgIpc) is 2.80. The molecule has 1 amide bonds. The zero-order valence-corrected chi connectivity index (χ0v) is 13.0. The molecule has 5 heteroatoms. The van der Waals surface area contributed by atoms with Crippen molar-refractivity contribution in [2.45, 2.75) is 46.6 Å². The van der Waals surface area contributed by atoms with Crippen molar-refractivity contribution in [3.8, 4) is 12.1 Å². The van der Waals surface area contributed by atoms with E-state index in [1.54, 1.807) is 13.8 Å². The molecule has 2 rings (SSSR count). The van der Waals surface area contributed by atoms with E-state index in [1.165, 1.54) is 0 Å². The smallest absolute Gasteiger partial charge is 0.251 e. The Kier molecular flexibility index (Phi) is 3.26. The molecule has 0 radical (unpaired) electrons. The van der Waals surface area contributed by atoms with Crippen LogP contribution in [0, 0.1) is 28.1 Å². The number of nitrogens with one attached hydrogen (secondary N) is 1. The lowest BCUT2D eigenvalue weighted by Crippen LogP contribution is -2.34. The molecule has 1 unspecified atom stereocenters. The van der Waals surface area contributed by atoms with E-state index in [2.05, 4.69) is 22.4 Å². The van der Waals surface area contributed by atoms with Crippen LogP contribution in [0.2, 0.25) is 0 Å². The fourth-order valence-electron chi connectivity index (χ4n) is 2.55. The average molecular weight is 282 g/mol. The number of hydrogen-bond donors (Lipinski definition) is 1. The Morgan fingerprint density at radius 2 is 1.86 bits per heavy atom. The van der Waals surface area contributed by atoms with Gasteiger partial charge in [-0.15, -0.1) is 0 Å². The Morgan fingerprint density at radius 1 is 1.24 bits per heavy atom. The molecule has 5 nitrogen and oxygen atoms in total. The second-order valence-corrected chi connectivity index (χ2v) is 6.37. The van der Waals surface area contributed by atoms with Gasteiger partial charge < -0.3 is 5.32 Å². The molecule has 2 aliphatic rings. The van der Waals surface area contributed by atoms with Gasteiger partial charge in [0.15, 0.2) is 0 Å². The van der Waals surface area contributed by atoms with Gasteiger partial charge in [-0.05, 0) is 32.8 Å². The maximum Gasteiger partial charge on any atom is 0.251 e. The van der Waals surface area contributed by atoms with Gasteiger partial charge in [-0.2, -0.15) is 10.5 Å². The molecule has 0 bridgehead atoms. The van der Waals surface area contributed by atoms with Crippen molar-refractivity contribution in [3.05, 3.63) is 22.4 Å². The minimum Gasteiger partial charge on any atom is -0.321 e. The molecule has 0 fully saturated rings. The van der Waals surface area contributed by atoms with Gasteiger partial charge in [0.05, 0.1) is 23.1 Å². The number of aliphatic imine (C=N–C) groups is 1. The maximum absolute atomic E-state index is 11.7. The minimum atomic E-state index is -0.861. The van der Waals surface area contributed by atoms with Crippen LogP contribution < -0.4 is 5.32 Å². The van der Waals surface area contributed by atoms with E-state index in [1.807, 2.05) is 20.8 Å². The lowest BCUT2D eigenvalue weighted by atomic mass is 9.74. The van der Waals surface area contributed by atoms with E-state index in [0.29, 0.717) is 29.0 Å². The topological polar surface area (TPSA) is 89.0 Å². The Hall–Kier alpha value is -2.40. The van der Waals surface area contributed by atoms with Gasteiger partial charge in [-0.1, -0.05) is 13.8 Å². The van der Waals surface area contributed by atoms with Gasteiger partial charge >= 0.3 is 0 Å². The summed E-state index contributed by atoms with van der Waals surface area (Å²) in [5, 5.41) is 21.6. The zero-order valence-electron chi connectivity index (χ0n) is 13.0. The number of nitriles is 2. The van der Waals surface area contributed by atoms with Crippen LogP contribution in [-0.4, -0.2) is 17.2 Å². The van der Waals surface area contributed by atoms with Crippen LogP contribution in [0.4, 0.5) is 0 Å². The van der Waals surface area contributed by atoms with Gasteiger partial charge in [0.1, 0.15) is 11.6 Å². The van der Waals surface area contributed by atoms with Gasteiger partial charge in [0.25, 0.3) is 5.91 Å². The van der Waals surface area contributed by atoms with Crippen LogP contribution in [0.25, 0.3) is 0 Å². The molecule has 0 spiro atoms. The molecule has 0 saturated heterocycles. The maximum atomic E-state index is 11.7. The van der Waals surface area contributed by atoms with Crippen molar-refractivity contribution in [3.63, 3.8) is 0 Å². The zero-order chi connectivity index (χ0) is 16.0. The van der Waals surface area contributed by atoms with Crippen molar-refractivity contribution in [1.82, 2.24) is 5.32 Å². The molecule has 0 aromatic carbocycles. The van der Waals surface area contributed by atoms with E-state index in [9.17, 15) is 15.3 Å². The van der Waals surface area contributed by atoms with Crippen LogP contribution in [0.5, 0.6) is 0 Å². The number of carbonyl (C=O) groups excluding carboxylic acids is 1. The summed E-state index contributed by atoms with van der Waals surface area (Å²) < 4.78 is 0. The molecule has 0 aromatic rings. The predicted molar refractivity (Wildman–Crippen MR) is 79.0 cm³/mol. The fraction of sp³-hybridized carbons (Fsp3) is 0.500. The molecule has 0 aliphatic carbocycles. The Labute approximate surface area is 124 Å². The van der Waals surface area contributed by atoms with Crippen molar-refractivity contribution in [2.75, 3.05) is 0 Å². The van der Waals surface area contributed by atoms with Crippen LogP contribution in [-0.2, 0) is 4.79 Å². The second-order valence-electron chi connectivity index (χ2n) is 6.37. The van der Waals surface area contributed by atoms with E-state index in [4.69, 9.17) is 0 Å². The van der Waals surface area contributed by atoms with Gasteiger partial charge in [0, 0.05) is 11.0 Å². The van der Waals surface area contributed by atoms with Gasteiger partial charge in [-0.25, -0.2) is 0 Å². The highest BCUT2D eigenvalue weighted by Crippen LogP contribution is 2.44. The minimum absolute atomic E-state index is 0.184. The monoisotopic (exact) mass is 282 g/mol. The molecule has 108 valence electrons. The summed E-state index contributed by atoms with van der Waals surface area (Å²) in [5.41, 5.74) is 1.65. The van der Waals surface area contributed by atoms with Crippen molar-refractivity contribution in [1.29, 1.82) is 10.5 Å². The number of allylic oxidation sites excluding steroid dienone is 2. The molecule has 2 aliphatic heterocycles. The predicted octanol–water partition coefficient (Wildman–Crippen LogP) is 2.38. The summed E-state index contributed by atoms with van der Waals surface area (Å²) in [6.07, 6.45) is 0.533. The van der Waals surface area contributed by atoms with Crippen LogP contribution in [0.1, 0.15) is 41.0 Å². The molecule has 0 aromatic heterocycles. The lowest BCUT2D eigenvalue weighted by molar-refractivity contribution is -0.116. The third kappa shape index (κ3) is 2.06. The summed E-state index contributed by atoms with van der Waals surface area (Å²) in [6, 6.07) is 4.39. The van der Waals surface area contributed by atoms with Crippen molar-refractivity contribution in [2.24, 2.45) is 10.4 Å². The Morgan fingerprint density at radius 3 is 2.24 bits per heavy atom. The van der Waals surface area contributed by atoms with Crippen LogP contribution >= 0.6 is 0 Å². The number of amides is 1. The van der Waals surface area contributed by atoms with Crippen LogP contribution in [0.3, 0.4) is 0 Å². The van der Waals surface area contributed by atoms with Crippen molar-refractivity contribution < 1.29 is 4.79 Å². The van der Waals surface area contributed by atoms with E-state index < -0.39 is 5.54 Å². The molecule has 21 heavy (non-hydrogen) atoms. The highest BCUT2D eigenvalue weighted by molar-refractivity contribution is 6.09. The highest BCUT2D eigenvalue weighted by atomic mass is 16.1. The summed E-state index contributed by atoms with van der Waals surface area (Å²) in [6.45, 7) is 9.25. The molecular weight excluding hydrogens is 264 g/mol. The highest BCUT2D eigenvalue weighted by Gasteiger charge is 2.48. The normalized spacial score (nSPS) is 29.7. The lowest BCUT2D eigenvalue weighted by Gasteiger charge is -2.29. The molecule has 0 saturated carbocycles. The van der Waals surface area contributed by atoms with Crippen molar-refractivity contribution >= 4 is 11.6 Å². The summed E-state index contributed by atoms with van der Waals surface area (Å²) in [5.74, 6) is -0.184. The SMILES string of the molecule is CC1=C(C)/C(=C(\C#N)C2=NC(C)(C#N)C(C)(C)C2)NC1=O. The fourth-order valence-corrected chi connectivity index (χ4v) is 2.55. The number of carbonyl (C=O) groups is 1. The third-order valence-corrected chi connectivity index (χ3v) is 4.67. The quantitative estimate of drug-likeness (QED) is 0.749. The van der Waals surface area contributed by atoms with Gasteiger partial charge in [0.2, 0.25) is 0 Å². The largest absolute Gasteiger partial charge is 0.321 e. The third-order valence-electron chi connectivity index (χ3n) is 4.67. The second kappa shape index (κ2) is 4.56. The first-order valence-corrected chi connectivity index (χ1v) is 6.81. The first-order valence-electron chi connectivity index (χ1n) is 6.81. The number of nitrogens with zero attached hydrogens (tertiary/aromatic N) is 3. The molecule has 1 N–H and O–H groups in total. The molecule has 2 heterocycles. The first-order chi connectivity index (χ1) is 9.66. The Bertz CT molecular complexity index is 710. The summed E-state index contributed by atoms with van der Waals surface area (Å²) in [7, 11) is 0. The summed E-state index contributed by atoms with van der Waals surface area (Å²) in [4.78, 5) is 16.2. The van der Waals surface area contributed by atoms with E-state index in [-0.39, 0.29) is 11.3 Å². The van der Waals surface area contributed by atoms with Crippen LogP contribution in [0.15, 0.2) is 27.4 Å². The van der Waals surface area contributed by atoms with Gasteiger partial charge in [-0.3, -0.25) is 9.79 Å².